The third kappa shape index (κ3) is 2.76. The van der Waals surface area contributed by atoms with Crippen molar-refractivity contribution in [1.29, 1.82) is 0 Å². The Bertz CT molecular complexity index is 622. The molecule has 19 heavy (non-hydrogen) atoms. The van der Waals surface area contributed by atoms with Crippen LogP contribution in [0.3, 0.4) is 0 Å². The predicted molar refractivity (Wildman–Crippen MR) is 81.8 cm³/mol. The van der Waals surface area contributed by atoms with Gasteiger partial charge < -0.3 is 11.1 Å². The lowest BCUT2D eigenvalue weighted by Crippen LogP contribution is -2.04. The third-order valence-electron chi connectivity index (χ3n) is 2.74. The van der Waals surface area contributed by atoms with Crippen molar-refractivity contribution < 1.29 is 0 Å². The van der Waals surface area contributed by atoms with Gasteiger partial charge in [0.05, 0.1) is 32.1 Å². The van der Waals surface area contributed by atoms with Crippen LogP contribution in [0.25, 0.3) is 0 Å². The van der Waals surface area contributed by atoms with Gasteiger partial charge in [-0.3, -0.25) is 0 Å². The van der Waals surface area contributed by atoms with Crippen molar-refractivity contribution in [3.05, 3.63) is 32.9 Å². The quantitative estimate of drug-likeness (QED) is 0.819. The molecule has 0 unspecified atom stereocenters. The van der Waals surface area contributed by atoms with Crippen molar-refractivity contribution in [2.75, 3.05) is 11.1 Å². The summed E-state index contributed by atoms with van der Waals surface area (Å²) in [4.78, 5) is 0. The van der Waals surface area contributed by atoms with E-state index in [4.69, 9.17) is 40.5 Å². The average Bonchev–Trinajstić information content (AvgIpc) is 2.63. The van der Waals surface area contributed by atoms with E-state index in [1.807, 2.05) is 13.8 Å². The van der Waals surface area contributed by atoms with Gasteiger partial charge in [-0.2, -0.15) is 5.10 Å². The molecule has 102 valence electrons. The Balaban J connectivity index is 2.44. The number of nitrogens with zero attached hydrogens (tertiary/aromatic N) is 2. The molecule has 0 radical (unpaired) electrons. The van der Waals surface area contributed by atoms with E-state index in [-0.39, 0.29) is 0 Å². The lowest BCUT2D eigenvalue weighted by molar-refractivity contribution is 0.661. The van der Waals surface area contributed by atoms with E-state index in [1.165, 1.54) is 0 Å². The van der Waals surface area contributed by atoms with E-state index in [1.54, 1.807) is 16.8 Å². The first-order chi connectivity index (χ1) is 8.93. The highest BCUT2D eigenvalue weighted by Gasteiger charge is 2.14. The van der Waals surface area contributed by atoms with Crippen LogP contribution >= 0.6 is 34.8 Å². The molecule has 0 aliphatic rings. The first kappa shape index (κ1) is 14.3. The van der Waals surface area contributed by atoms with Gasteiger partial charge in [-0.1, -0.05) is 34.8 Å². The fourth-order valence-electron chi connectivity index (χ4n) is 1.70. The van der Waals surface area contributed by atoms with Crippen LogP contribution in [0.15, 0.2) is 12.1 Å². The molecule has 1 aromatic heterocycles. The highest BCUT2D eigenvalue weighted by atomic mass is 35.5. The second-order valence-corrected chi connectivity index (χ2v) is 5.26. The topological polar surface area (TPSA) is 55.9 Å². The number of nitrogens with one attached hydrogen (secondary N) is 1. The molecular formula is C12H13Cl3N4. The number of benzene rings is 1. The Hall–Kier alpha value is -1.10. The fraction of sp³-hybridized carbons (Fsp3) is 0.250. The van der Waals surface area contributed by atoms with Crippen LogP contribution < -0.4 is 11.1 Å². The summed E-state index contributed by atoms with van der Waals surface area (Å²) >= 11 is 18.0. The van der Waals surface area contributed by atoms with Crippen LogP contribution in [0.4, 0.5) is 17.2 Å². The zero-order valence-electron chi connectivity index (χ0n) is 10.5. The second-order valence-electron chi connectivity index (χ2n) is 4.03. The highest BCUT2D eigenvalue weighted by Crippen LogP contribution is 2.35. The number of hydrogen-bond donors (Lipinski definition) is 2. The molecule has 0 saturated carbocycles. The van der Waals surface area contributed by atoms with Crippen molar-refractivity contribution in [3.63, 3.8) is 0 Å². The third-order valence-corrected chi connectivity index (χ3v) is 3.77. The number of nitrogen functional groups attached to an aromatic ring is 1. The summed E-state index contributed by atoms with van der Waals surface area (Å²) in [6.07, 6.45) is 0. The summed E-state index contributed by atoms with van der Waals surface area (Å²) in [6, 6.07) is 3.25. The maximum Gasteiger partial charge on any atom is 0.152 e. The minimum absolute atomic E-state index is 0.408. The summed E-state index contributed by atoms with van der Waals surface area (Å²) in [5.74, 6) is 0.695. The zero-order chi connectivity index (χ0) is 14.2. The molecule has 2 rings (SSSR count). The molecule has 2 aromatic rings. The monoisotopic (exact) mass is 318 g/mol. The number of aromatic nitrogens is 2. The van der Waals surface area contributed by atoms with Crippen molar-refractivity contribution >= 4 is 52.0 Å². The molecule has 0 spiro atoms. The summed E-state index contributed by atoms with van der Waals surface area (Å²) in [5.41, 5.74) is 7.98. The molecule has 0 bridgehead atoms. The van der Waals surface area contributed by atoms with Crippen molar-refractivity contribution in [2.45, 2.75) is 20.4 Å². The van der Waals surface area contributed by atoms with Crippen molar-refractivity contribution in [1.82, 2.24) is 9.78 Å². The van der Waals surface area contributed by atoms with E-state index < -0.39 is 0 Å². The second kappa shape index (κ2) is 5.49. The minimum Gasteiger partial charge on any atom is -0.394 e. The molecule has 1 aromatic carbocycles. The van der Waals surface area contributed by atoms with Gasteiger partial charge in [0, 0.05) is 6.54 Å². The molecule has 0 saturated heterocycles. The normalized spacial score (nSPS) is 10.8. The van der Waals surface area contributed by atoms with Crippen LogP contribution in [0, 0.1) is 6.92 Å². The molecule has 0 aliphatic heterocycles. The van der Waals surface area contributed by atoms with E-state index >= 15 is 0 Å². The Labute approximate surface area is 126 Å². The lowest BCUT2D eigenvalue weighted by Gasteiger charge is -2.11. The predicted octanol–water partition coefficient (Wildman–Crippen LogP) is 4.50. The van der Waals surface area contributed by atoms with Crippen molar-refractivity contribution in [2.24, 2.45) is 0 Å². The van der Waals surface area contributed by atoms with Gasteiger partial charge in [0.1, 0.15) is 0 Å². The number of halogens is 3. The first-order valence-corrected chi connectivity index (χ1v) is 6.81. The Morgan fingerprint density at radius 1 is 1.21 bits per heavy atom. The molecule has 7 heteroatoms. The molecular weight excluding hydrogens is 307 g/mol. The van der Waals surface area contributed by atoms with E-state index in [2.05, 4.69) is 10.4 Å². The van der Waals surface area contributed by atoms with Gasteiger partial charge in [0.25, 0.3) is 0 Å². The number of nitrogens with two attached hydrogens (primary N) is 1. The zero-order valence-corrected chi connectivity index (χ0v) is 12.7. The largest absolute Gasteiger partial charge is 0.394 e. The van der Waals surface area contributed by atoms with Gasteiger partial charge >= 0.3 is 0 Å². The smallest absolute Gasteiger partial charge is 0.152 e. The highest BCUT2D eigenvalue weighted by molar-refractivity contribution is 6.44. The SMILES string of the molecule is CCn1nc(C)c(N)c1Nc1cc(Cl)c(Cl)cc1Cl. The van der Waals surface area contributed by atoms with Crippen molar-refractivity contribution in [3.8, 4) is 0 Å². The maximum atomic E-state index is 6.13. The van der Waals surface area contributed by atoms with Gasteiger partial charge in [-0.15, -0.1) is 0 Å². The van der Waals surface area contributed by atoms with E-state index in [0.717, 1.165) is 5.69 Å². The summed E-state index contributed by atoms with van der Waals surface area (Å²) in [5, 5.41) is 8.77. The van der Waals surface area contributed by atoms with E-state index in [0.29, 0.717) is 38.8 Å². The fourth-order valence-corrected chi connectivity index (χ4v) is 2.30. The number of rotatable bonds is 3. The lowest BCUT2D eigenvalue weighted by atomic mass is 10.3. The number of aryl methyl sites for hydroxylation is 2. The van der Waals surface area contributed by atoms with Gasteiger partial charge in [-0.05, 0) is 26.0 Å². The molecule has 3 N–H and O–H groups in total. The number of hydrogen-bond acceptors (Lipinski definition) is 3. The Morgan fingerprint density at radius 2 is 1.84 bits per heavy atom. The average molecular weight is 320 g/mol. The maximum absolute atomic E-state index is 6.13. The van der Waals surface area contributed by atoms with E-state index in [9.17, 15) is 0 Å². The Morgan fingerprint density at radius 3 is 2.47 bits per heavy atom. The van der Waals surface area contributed by atoms with Crippen LogP contribution in [-0.2, 0) is 6.54 Å². The minimum atomic E-state index is 0.408. The van der Waals surface area contributed by atoms with Crippen LogP contribution in [0.1, 0.15) is 12.6 Å². The Kier molecular flexibility index (Phi) is 4.13. The molecule has 0 aliphatic carbocycles. The van der Waals surface area contributed by atoms with Gasteiger partial charge in [-0.25, -0.2) is 4.68 Å². The first-order valence-electron chi connectivity index (χ1n) is 5.68. The van der Waals surface area contributed by atoms with Gasteiger partial charge in [0.15, 0.2) is 5.82 Å². The van der Waals surface area contributed by atoms with Crippen LogP contribution in [-0.4, -0.2) is 9.78 Å². The van der Waals surface area contributed by atoms with Gasteiger partial charge in [0.2, 0.25) is 0 Å². The standard InChI is InChI=1S/C12H13Cl3N4/c1-3-19-12(11(16)6(2)18-19)17-10-5-8(14)7(13)4-9(10)15/h4-5,17H,3,16H2,1-2H3. The molecule has 0 atom stereocenters. The molecule has 0 fully saturated rings. The van der Waals surface area contributed by atoms with Crippen LogP contribution in [0.2, 0.25) is 15.1 Å². The summed E-state index contributed by atoms with van der Waals surface area (Å²) in [6.45, 7) is 4.52. The summed E-state index contributed by atoms with van der Waals surface area (Å²) < 4.78 is 1.77. The number of anilines is 3. The van der Waals surface area contributed by atoms with Crippen LogP contribution in [0.5, 0.6) is 0 Å². The molecule has 4 nitrogen and oxygen atoms in total. The molecule has 0 amide bonds. The molecule has 1 heterocycles. The summed E-state index contributed by atoms with van der Waals surface area (Å²) in [7, 11) is 0.